The first-order valence-electron chi connectivity index (χ1n) is 6.73. The molecule has 2 aromatic rings. The highest BCUT2D eigenvalue weighted by atomic mass is 32.2. The van der Waals surface area contributed by atoms with E-state index >= 15 is 0 Å². The molecular formula is C15H15FN2O3S. The molecule has 0 amide bonds. The molecule has 0 saturated carbocycles. The molecule has 0 atom stereocenters. The summed E-state index contributed by atoms with van der Waals surface area (Å²) in [4.78, 5) is 2.02. The lowest BCUT2D eigenvalue weighted by molar-refractivity contribution is 0.310. The Hall–Kier alpha value is -2.28. The number of sulfonamides is 1. The third kappa shape index (κ3) is 2.71. The molecule has 116 valence electrons. The zero-order valence-electron chi connectivity index (χ0n) is 11.9. The smallest absolute Gasteiger partial charge is 0.262 e. The lowest BCUT2D eigenvalue weighted by Crippen LogP contribution is -2.29. The molecule has 7 heteroatoms. The molecule has 1 aliphatic heterocycles. The summed E-state index contributed by atoms with van der Waals surface area (Å²) < 4.78 is 46.1. The minimum absolute atomic E-state index is 0.0322. The third-order valence-electron chi connectivity index (χ3n) is 3.46. The lowest BCUT2D eigenvalue weighted by atomic mass is 10.2. The number of nitrogens with zero attached hydrogens (tertiary/aromatic N) is 1. The third-order valence-corrected chi connectivity index (χ3v) is 4.82. The second-order valence-electron chi connectivity index (χ2n) is 4.98. The maximum atomic E-state index is 13.6. The summed E-state index contributed by atoms with van der Waals surface area (Å²) in [6, 6.07) is 10.2. The van der Waals surface area contributed by atoms with Gasteiger partial charge in [-0.2, -0.15) is 0 Å². The van der Waals surface area contributed by atoms with Crippen molar-refractivity contribution in [2.45, 2.75) is 4.90 Å². The van der Waals surface area contributed by atoms with Crippen LogP contribution in [0.5, 0.6) is 5.75 Å². The topological polar surface area (TPSA) is 58.6 Å². The van der Waals surface area contributed by atoms with Crippen LogP contribution in [0.4, 0.5) is 15.8 Å². The van der Waals surface area contributed by atoms with Crippen LogP contribution in [0.25, 0.3) is 0 Å². The average molecular weight is 322 g/mol. The van der Waals surface area contributed by atoms with Gasteiger partial charge < -0.3 is 9.64 Å². The number of fused-ring (bicyclic) bond motifs is 1. The van der Waals surface area contributed by atoms with E-state index in [1.54, 1.807) is 12.1 Å². The minimum Gasteiger partial charge on any atom is -0.490 e. The molecule has 0 aliphatic carbocycles. The van der Waals surface area contributed by atoms with Crippen molar-refractivity contribution in [2.24, 2.45) is 0 Å². The SMILES string of the molecule is CN1CCOc2cc(S(=O)(=O)Nc3ccccc3F)ccc21. The van der Waals surface area contributed by atoms with E-state index in [0.717, 1.165) is 12.2 Å². The molecule has 1 aliphatic rings. The van der Waals surface area contributed by atoms with Crippen LogP contribution in [0.15, 0.2) is 47.4 Å². The first kappa shape index (κ1) is 14.6. The first-order chi connectivity index (χ1) is 10.5. The van der Waals surface area contributed by atoms with Crippen molar-refractivity contribution < 1.29 is 17.5 Å². The van der Waals surface area contributed by atoms with Crippen molar-refractivity contribution in [1.82, 2.24) is 0 Å². The van der Waals surface area contributed by atoms with Gasteiger partial charge in [-0.15, -0.1) is 0 Å². The summed E-state index contributed by atoms with van der Waals surface area (Å²) in [5.74, 6) is -0.120. The van der Waals surface area contributed by atoms with Gasteiger partial charge >= 0.3 is 0 Å². The summed E-state index contributed by atoms with van der Waals surface area (Å²) >= 11 is 0. The highest BCUT2D eigenvalue weighted by Crippen LogP contribution is 2.33. The van der Waals surface area contributed by atoms with Crippen LogP contribution < -0.4 is 14.4 Å². The van der Waals surface area contributed by atoms with Gasteiger partial charge in [0, 0.05) is 13.1 Å². The van der Waals surface area contributed by atoms with Gasteiger partial charge in [0.25, 0.3) is 10.0 Å². The Labute approximate surface area is 128 Å². The van der Waals surface area contributed by atoms with Crippen LogP contribution in [0.1, 0.15) is 0 Å². The summed E-state index contributed by atoms with van der Waals surface area (Å²) in [5.41, 5.74) is 0.745. The predicted molar refractivity (Wildman–Crippen MR) is 82.4 cm³/mol. The zero-order chi connectivity index (χ0) is 15.7. The van der Waals surface area contributed by atoms with Crippen molar-refractivity contribution >= 4 is 21.4 Å². The highest BCUT2D eigenvalue weighted by Gasteiger charge is 2.21. The molecule has 0 saturated heterocycles. The number of likely N-dealkylation sites (N-methyl/N-ethyl adjacent to an activating group) is 1. The molecule has 0 aromatic heterocycles. The largest absolute Gasteiger partial charge is 0.490 e. The van der Waals surface area contributed by atoms with Gasteiger partial charge in [-0.05, 0) is 24.3 Å². The molecular weight excluding hydrogens is 307 g/mol. The number of benzene rings is 2. The van der Waals surface area contributed by atoms with Gasteiger partial charge in [-0.3, -0.25) is 4.72 Å². The zero-order valence-corrected chi connectivity index (χ0v) is 12.7. The Morgan fingerprint density at radius 1 is 1.23 bits per heavy atom. The van der Waals surface area contributed by atoms with Crippen LogP contribution in [0, 0.1) is 5.82 Å². The normalized spacial score (nSPS) is 14.2. The standard InChI is InChI=1S/C15H15FN2O3S/c1-18-8-9-21-15-10-11(6-7-14(15)18)22(19,20)17-13-5-3-2-4-12(13)16/h2-7,10,17H,8-9H2,1H3. The fourth-order valence-electron chi connectivity index (χ4n) is 2.25. The summed E-state index contributed by atoms with van der Waals surface area (Å²) in [6.45, 7) is 1.24. The molecule has 0 fully saturated rings. The van der Waals surface area contributed by atoms with E-state index in [1.807, 2.05) is 11.9 Å². The monoisotopic (exact) mass is 322 g/mol. The van der Waals surface area contributed by atoms with E-state index in [2.05, 4.69) is 4.72 Å². The van der Waals surface area contributed by atoms with Crippen molar-refractivity contribution in [3.05, 3.63) is 48.3 Å². The second-order valence-corrected chi connectivity index (χ2v) is 6.67. The molecule has 1 heterocycles. The molecule has 0 bridgehead atoms. The van der Waals surface area contributed by atoms with E-state index in [-0.39, 0.29) is 10.6 Å². The Bertz CT molecular complexity index is 808. The van der Waals surface area contributed by atoms with Crippen LogP contribution in [-0.2, 0) is 10.0 Å². The number of ether oxygens (including phenoxy) is 1. The summed E-state index contributed by atoms with van der Waals surface area (Å²) in [6.07, 6.45) is 0. The van der Waals surface area contributed by atoms with E-state index in [1.165, 1.54) is 30.3 Å². The molecule has 0 spiro atoms. The minimum atomic E-state index is -3.88. The quantitative estimate of drug-likeness (QED) is 0.943. The molecule has 0 unspecified atom stereocenters. The van der Waals surface area contributed by atoms with Crippen LogP contribution in [-0.4, -0.2) is 28.6 Å². The fraction of sp³-hybridized carbons (Fsp3) is 0.200. The fourth-order valence-corrected chi connectivity index (χ4v) is 3.34. The lowest BCUT2D eigenvalue weighted by Gasteiger charge is -2.27. The Morgan fingerprint density at radius 2 is 2.00 bits per heavy atom. The number of hydrogen-bond acceptors (Lipinski definition) is 4. The number of rotatable bonds is 3. The molecule has 0 radical (unpaired) electrons. The number of hydrogen-bond donors (Lipinski definition) is 1. The summed E-state index contributed by atoms with van der Waals surface area (Å²) in [7, 11) is -1.97. The van der Waals surface area contributed by atoms with Gasteiger partial charge in [0.1, 0.15) is 18.2 Å². The van der Waals surface area contributed by atoms with Crippen molar-refractivity contribution in [1.29, 1.82) is 0 Å². The van der Waals surface area contributed by atoms with Crippen molar-refractivity contribution in [2.75, 3.05) is 29.8 Å². The number of anilines is 2. The Morgan fingerprint density at radius 3 is 2.77 bits per heavy atom. The van der Waals surface area contributed by atoms with E-state index < -0.39 is 15.8 Å². The predicted octanol–water partition coefficient (Wildman–Crippen LogP) is 2.46. The Kier molecular flexibility index (Phi) is 3.66. The maximum absolute atomic E-state index is 13.6. The van der Waals surface area contributed by atoms with Crippen molar-refractivity contribution in [3.63, 3.8) is 0 Å². The molecule has 5 nitrogen and oxygen atoms in total. The first-order valence-corrected chi connectivity index (χ1v) is 8.21. The molecule has 2 aromatic carbocycles. The second kappa shape index (κ2) is 5.49. The van der Waals surface area contributed by atoms with Gasteiger partial charge in [0.2, 0.25) is 0 Å². The van der Waals surface area contributed by atoms with Crippen LogP contribution >= 0.6 is 0 Å². The van der Waals surface area contributed by atoms with Crippen LogP contribution in [0.3, 0.4) is 0 Å². The van der Waals surface area contributed by atoms with Gasteiger partial charge in [-0.1, -0.05) is 12.1 Å². The highest BCUT2D eigenvalue weighted by molar-refractivity contribution is 7.92. The van der Waals surface area contributed by atoms with Crippen LogP contribution in [0.2, 0.25) is 0 Å². The van der Waals surface area contributed by atoms with Gasteiger partial charge in [-0.25, -0.2) is 12.8 Å². The molecule has 1 N–H and O–H groups in total. The van der Waals surface area contributed by atoms with E-state index in [9.17, 15) is 12.8 Å². The summed E-state index contributed by atoms with van der Waals surface area (Å²) in [5, 5.41) is 0. The Balaban J connectivity index is 1.95. The molecule has 3 rings (SSSR count). The number of halogens is 1. The average Bonchev–Trinajstić information content (AvgIpc) is 2.49. The van der Waals surface area contributed by atoms with Gasteiger partial charge in [0.15, 0.2) is 0 Å². The molecule has 22 heavy (non-hydrogen) atoms. The maximum Gasteiger partial charge on any atom is 0.262 e. The number of para-hydroxylation sites is 1. The number of nitrogens with one attached hydrogen (secondary N) is 1. The van der Waals surface area contributed by atoms with E-state index in [0.29, 0.717) is 12.4 Å². The van der Waals surface area contributed by atoms with E-state index in [4.69, 9.17) is 4.74 Å². The van der Waals surface area contributed by atoms with Gasteiger partial charge in [0.05, 0.1) is 22.8 Å². The van der Waals surface area contributed by atoms with Crippen molar-refractivity contribution in [3.8, 4) is 5.75 Å².